The number of nitrogens with one attached hydrogen (secondary N) is 2. The molecule has 1 saturated carbocycles. The van der Waals surface area contributed by atoms with Crippen molar-refractivity contribution in [2.75, 3.05) is 18.4 Å². The third-order valence-corrected chi connectivity index (χ3v) is 5.79. The highest BCUT2D eigenvalue weighted by Crippen LogP contribution is 2.38. The fraction of sp³-hybridized carbons (Fsp3) is 0.636. The quantitative estimate of drug-likeness (QED) is 0.545. The summed E-state index contributed by atoms with van der Waals surface area (Å²) >= 11 is 0. The molecule has 1 fully saturated rings. The number of amides is 2. The fourth-order valence-electron chi connectivity index (χ4n) is 3.76. The maximum Gasteiger partial charge on any atom is 0.232 e. The van der Waals surface area contributed by atoms with Gasteiger partial charge in [-0.25, -0.2) is 0 Å². The number of hydrogen-bond donors (Lipinski definition) is 3. The third-order valence-electron chi connectivity index (χ3n) is 5.79. The van der Waals surface area contributed by atoms with Crippen LogP contribution in [0.25, 0.3) is 0 Å². The first kappa shape index (κ1) is 21.4. The van der Waals surface area contributed by atoms with Crippen LogP contribution in [-0.4, -0.2) is 24.9 Å². The van der Waals surface area contributed by atoms with Gasteiger partial charge in [-0.1, -0.05) is 31.7 Å². The van der Waals surface area contributed by atoms with Crippen molar-refractivity contribution in [1.82, 2.24) is 5.32 Å². The summed E-state index contributed by atoms with van der Waals surface area (Å²) in [7, 11) is 0. The van der Waals surface area contributed by atoms with Gasteiger partial charge in [-0.2, -0.15) is 0 Å². The van der Waals surface area contributed by atoms with E-state index in [2.05, 4.69) is 17.6 Å². The van der Waals surface area contributed by atoms with Crippen molar-refractivity contribution in [3.05, 3.63) is 29.3 Å². The Bertz CT molecular complexity index is 636. The zero-order chi connectivity index (χ0) is 19.7. The second kappa shape index (κ2) is 10.5. The Kier molecular flexibility index (Phi) is 8.29. The summed E-state index contributed by atoms with van der Waals surface area (Å²) < 4.78 is 0. The Labute approximate surface area is 163 Å². The molecule has 5 nitrogen and oxygen atoms in total. The summed E-state index contributed by atoms with van der Waals surface area (Å²) in [5, 5.41) is 6.10. The van der Waals surface area contributed by atoms with Crippen molar-refractivity contribution in [2.24, 2.45) is 11.1 Å². The smallest absolute Gasteiger partial charge is 0.232 e. The second-order valence-electron chi connectivity index (χ2n) is 7.97. The van der Waals surface area contributed by atoms with Crippen molar-refractivity contribution >= 4 is 17.5 Å². The molecule has 0 aromatic heterocycles. The molecule has 1 aliphatic carbocycles. The van der Waals surface area contributed by atoms with E-state index in [0.717, 1.165) is 62.6 Å². The third kappa shape index (κ3) is 6.35. The average Bonchev–Trinajstić information content (AvgIpc) is 3.13. The number of carbonyl (C=O) groups excluding carboxylic acids is 2. The molecule has 27 heavy (non-hydrogen) atoms. The van der Waals surface area contributed by atoms with Crippen LogP contribution in [0.4, 0.5) is 5.69 Å². The van der Waals surface area contributed by atoms with Crippen molar-refractivity contribution in [3.63, 3.8) is 0 Å². The van der Waals surface area contributed by atoms with Crippen LogP contribution in [0, 0.1) is 19.3 Å². The highest BCUT2D eigenvalue weighted by atomic mass is 16.2. The van der Waals surface area contributed by atoms with E-state index >= 15 is 0 Å². The largest absolute Gasteiger partial charge is 0.355 e. The molecule has 0 spiro atoms. The highest BCUT2D eigenvalue weighted by molar-refractivity contribution is 5.96. The molecule has 2 amide bonds. The standard InChI is InChI=1S/C22H35N3O2/c1-17-10-11-19(15-18(17)2)25-21(27)22(12-6-7-13-22)16-24-20(26)9-5-3-4-8-14-23/h10-11,15H,3-9,12-14,16,23H2,1-2H3,(H,24,26)(H,25,27). The Hall–Kier alpha value is -1.88. The molecule has 4 N–H and O–H groups in total. The summed E-state index contributed by atoms with van der Waals surface area (Å²) in [5.41, 5.74) is 8.21. The van der Waals surface area contributed by atoms with E-state index in [0.29, 0.717) is 19.5 Å². The van der Waals surface area contributed by atoms with E-state index in [1.54, 1.807) is 0 Å². The zero-order valence-electron chi connectivity index (χ0n) is 16.9. The van der Waals surface area contributed by atoms with Crippen molar-refractivity contribution < 1.29 is 9.59 Å². The van der Waals surface area contributed by atoms with Gasteiger partial charge in [0, 0.05) is 18.7 Å². The van der Waals surface area contributed by atoms with Crippen LogP contribution in [0.3, 0.4) is 0 Å². The Morgan fingerprint density at radius 1 is 1.04 bits per heavy atom. The number of rotatable bonds is 10. The maximum atomic E-state index is 13.0. The Balaban J connectivity index is 1.87. The molecular formula is C22H35N3O2. The normalized spacial score (nSPS) is 15.5. The van der Waals surface area contributed by atoms with Crippen LogP contribution in [0.15, 0.2) is 18.2 Å². The summed E-state index contributed by atoms with van der Waals surface area (Å²) in [6.45, 7) is 5.25. The number of hydrogen-bond acceptors (Lipinski definition) is 3. The molecule has 0 atom stereocenters. The topological polar surface area (TPSA) is 84.2 Å². The van der Waals surface area contributed by atoms with Gasteiger partial charge in [0.05, 0.1) is 5.41 Å². The van der Waals surface area contributed by atoms with Crippen LogP contribution in [-0.2, 0) is 9.59 Å². The minimum absolute atomic E-state index is 0.0338. The lowest BCUT2D eigenvalue weighted by Gasteiger charge is -2.28. The number of aryl methyl sites for hydroxylation is 2. The van der Waals surface area contributed by atoms with Gasteiger partial charge < -0.3 is 16.4 Å². The summed E-state index contributed by atoms with van der Waals surface area (Å²) in [6, 6.07) is 5.98. The molecule has 0 saturated heterocycles. The monoisotopic (exact) mass is 373 g/mol. The lowest BCUT2D eigenvalue weighted by atomic mass is 9.84. The second-order valence-corrected chi connectivity index (χ2v) is 7.97. The molecule has 1 aliphatic rings. The molecular weight excluding hydrogens is 338 g/mol. The fourth-order valence-corrected chi connectivity index (χ4v) is 3.76. The van der Waals surface area contributed by atoms with Gasteiger partial charge >= 0.3 is 0 Å². The first-order valence-corrected chi connectivity index (χ1v) is 10.3. The molecule has 5 heteroatoms. The minimum Gasteiger partial charge on any atom is -0.355 e. The van der Waals surface area contributed by atoms with Gasteiger partial charge in [0.15, 0.2) is 0 Å². The molecule has 150 valence electrons. The first-order chi connectivity index (χ1) is 13.0. The van der Waals surface area contributed by atoms with Crippen LogP contribution in [0.5, 0.6) is 0 Å². The van der Waals surface area contributed by atoms with Crippen molar-refractivity contribution in [1.29, 1.82) is 0 Å². The van der Waals surface area contributed by atoms with E-state index in [9.17, 15) is 9.59 Å². The summed E-state index contributed by atoms with van der Waals surface area (Å²) in [4.78, 5) is 25.2. The van der Waals surface area contributed by atoms with Crippen LogP contribution < -0.4 is 16.4 Å². The van der Waals surface area contributed by atoms with Gasteiger partial charge in [-0.05, 0) is 69.3 Å². The Morgan fingerprint density at radius 2 is 1.74 bits per heavy atom. The van der Waals surface area contributed by atoms with Crippen LogP contribution >= 0.6 is 0 Å². The number of anilines is 1. The lowest BCUT2D eigenvalue weighted by Crippen LogP contribution is -2.44. The molecule has 0 heterocycles. The minimum atomic E-state index is -0.478. The van der Waals surface area contributed by atoms with Gasteiger partial charge in [0.25, 0.3) is 0 Å². The Morgan fingerprint density at radius 3 is 2.41 bits per heavy atom. The zero-order valence-corrected chi connectivity index (χ0v) is 16.9. The molecule has 0 unspecified atom stereocenters. The molecule has 0 radical (unpaired) electrons. The first-order valence-electron chi connectivity index (χ1n) is 10.3. The van der Waals surface area contributed by atoms with E-state index in [-0.39, 0.29) is 11.8 Å². The van der Waals surface area contributed by atoms with Gasteiger partial charge in [0.2, 0.25) is 11.8 Å². The highest BCUT2D eigenvalue weighted by Gasteiger charge is 2.41. The molecule has 2 rings (SSSR count). The maximum absolute atomic E-state index is 13.0. The van der Waals surface area contributed by atoms with E-state index in [1.165, 1.54) is 5.56 Å². The van der Waals surface area contributed by atoms with Crippen molar-refractivity contribution in [2.45, 2.75) is 71.6 Å². The molecule has 1 aromatic carbocycles. The predicted molar refractivity (Wildman–Crippen MR) is 111 cm³/mol. The lowest BCUT2D eigenvalue weighted by molar-refractivity contribution is -0.126. The molecule has 1 aromatic rings. The van der Waals surface area contributed by atoms with E-state index < -0.39 is 5.41 Å². The van der Waals surface area contributed by atoms with Gasteiger partial charge in [-0.3, -0.25) is 9.59 Å². The summed E-state index contributed by atoms with van der Waals surface area (Å²) in [6.07, 6.45) is 8.27. The van der Waals surface area contributed by atoms with Crippen LogP contribution in [0.1, 0.15) is 68.9 Å². The van der Waals surface area contributed by atoms with Gasteiger partial charge in [0.1, 0.15) is 0 Å². The number of nitrogens with two attached hydrogens (primary N) is 1. The average molecular weight is 374 g/mol. The number of benzene rings is 1. The molecule has 0 aliphatic heterocycles. The number of carbonyl (C=O) groups is 2. The van der Waals surface area contributed by atoms with E-state index in [4.69, 9.17) is 5.73 Å². The number of unbranched alkanes of at least 4 members (excludes halogenated alkanes) is 3. The van der Waals surface area contributed by atoms with Gasteiger partial charge in [-0.15, -0.1) is 0 Å². The molecule has 0 bridgehead atoms. The predicted octanol–water partition coefficient (Wildman–Crippen LogP) is 3.83. The van der Waals surface area contributed by atoms with E-state index in [1.807, 2.05) is 25.1 Å². The SMILES string of the molecule is Cc1ccc(NC(=O)C2(CNC(=O)CCCCCCN)CCCC2)cc1C. The van der Waals surface area contributed by atoms with Crippen molar-refractivity contribution in [3.8, 4) is 0 Å². The summed E-state index contributed by atoms with van der Waals surface area (Å²) in [5.74, 6) is 0.0829. The van der Waals surface area contributed by atoms with Crippen LogP contribution in [0.2, 0.25) is 0 Å².